The number of benzene rings is 1. The highest BCUT2D eigenvalue weighted by Crippen LogP contribution is 2.28. The third kappa shape index (κ3) is 4.19. The molecule has 0 radical (unpaired) electrons. The van der Waals surface area contributed by atoms with Gasteiger partial charge in [0.2, 0.25) is 0 Å². The van der Waals surface area contributed by atoms with E-state index in [0.29, 0.717) is 29.4 Å². The van der Waals surface area contributed by atoms with Gasteiger partial charge in [0, 0.05) is 36.9 Å². The quantitative estimate of drug-likeness (QED) is 0.674. The Labute approximate surface area is 163 Å². The first kappa shape index (κ1) is 17.7. The van der Waals surface area contributed by atoms with Crippen molar-refractivity contribution in [2.75, 3.05) is 13.1 Å². The SMILES string of the molecule is O=C(c1cccnc1)N1CCC[C@@H](c2ncc(Cc3cccc(Cl)c3)o2)C1. The molecule has 1 amide bonds. The monoisotopic (exact) mass is 381 g/mol. The molecule has 4 rings (SSSR count). The Kier molecular flexibility index (Phi) is 5.21. The third-order valence-corrected chi connectivity index (χ3v) is 5.04. The smallest absolute Gasteiger partial charge is 0.255 e. The Morgan fingerprint density at radius 2 is 2.19 bits per heavy atom. The first-order chi connectivity index (χ1) is 13.2. The van der Waals surface area contributed by atoms with Crippen LogP contribution in [0.3, 0.4) is 0 Å². The van der Waals surface area contributed by atoms with E-state index in [9.17, 15) is 4.79 Å². The Balaban J connectivity index is 1.44. The fourth-order valence-electron chi connectivity index (χ4n) is 3.48. The molecular weight excluding hydrogens is 362 g/mol. The van der Waals surface area contributed by atoms with E-state index >= 15 is 0 Å². The second-order valence-electron chi connectivity index (χ2n) is 6.80. The van der Waals surface area contributed by atoms with Gasteiger partial charge in [0.25, 0.3) is 5.91 Å². The molecule has 0 N–H and O–H groups in total. The largest absolute Gasteiger partial charge is 0.445 e. The van der Waals surface area contributed by atoms with Gasteiger partial charge in [-0.05, 0) is 42.7 Å². The van der Waals surface area contributed by atoms with E-state index < -0.39 is 0 Å². The zero-order chi connectivity index (χ0) is 18.6. The van der Waals surface area contributed by atoms with Crippen molar-refractivity contribution >= 4 is 17.5 Å². The number of likely N-dealkylation sites (tertiary alicyclic amines) is 1. The first-order valence-electron chi connectivity index (χ1n) is 9.07. The molecule has 1 fully saturated rings. The second kappa shape index (κ2) is 7.92. The first-order valence-corrected chi connectivity index (χ1v) is 9.45. The average molecular weight is 382 g/mol. The number of carbonyl (C=O) groups is 1. The van der Waals surface area contributed by atoms with Gasteiger partial charge >= 0.3 is 0 Å². The molecule has 1 aromatic carbocycles. The summed E-state index contributed by atoms with van der Waals surface area (Å²) >= 11 is 6.05. The molecule has 1 aliphatic heterocycles. The van der Waals surface area contributed by atoms with Gasteiger partial charge in [-0.1, -0.05) is 23.7 Å². The Bertz CT molecular complexity index is 926. The molecule has 0 aliphatic carbocycles. The molecule has 0 saturated carbocycles. The van der Waals surface area contributed by atoms with Crippen molar-refractivity contribution in [2.24, 2.45) is 0 Å². The maximum atomic E-state index is 12.7. The van der Waals surface area contributed by atoms with E-state index in [0.717, 1.165) is 30.7 Å². The molecule has 0 unspecified atom stereocenters. The van der Waals surface area contributed by atoms with Crippen molar-refractivity contribution in [3.8, 4) is 0 Å². The average Bonchev–Trinajstić information content (AvgIpc) is 3.17. The van der Waals surface area contributed by atoms with Crippen LogP contribution in [0.1, 0.15) is 46.3 Å². The molecule has 0 spiro atoms. The summed E-state index contributed by atoms with van der Waals surface area (Å²) < 4.78 is 6.00. The number of nitrogens with zero attached hydrogens (tertiary/aromatic N) is 3. The number of halogens is 1. The highest BCUT2D eigenvalue weighted by Gasteiger charge is 2.28. The van der Waals surface area contributed by atoms with Crippen LogP contribution in [-0.2, 0) is 6.42 Å². The number of oxazole rings is 1. The molecule has 1 saturated heterocycles. The van der Waals surface area contributed by atoms with Gasteiger partial charge in [0.05, 0.1) is 17.7 Å². The minimum absolute atomic E-state index is 0.0125. The van der Waals surface area contributed by atoms with Gasteiger partial charge in [-0.15, -0.1) is 0 Å². The van der Waals surface area contributed by atoms with Crippen LogP contribution in [0.5, 0.6) is 0 Å². The van der Waals surface area contributed by atoms with Crippen LogP contribution in [-0.4, -0.2) is 33.9 Å². The molecule has 3 heterocycles. The summed E-state index contributed by atoms with van der Waals surface area (Å²) in [6.45, 7) is 1.37. The van der Waals surface area contributed by atoms with Gasteiger partial charge in [-0.2, -0.15) is 0 Å². The van der Waals surface area contributed by atoms with Gasteiger partial charge in [-0.3, -0.25) is 9.78 Å². The highest BCUT2D eigenvalue weighted by atomic mass is 35.5. The van der Waals surface area contributed by atoms with Crippen LogP contribution in [0.25, 0.3) is 0 Å². The third-order valence-electron chi connectivity index (χ3n) is 4.81. The zero-order valence-electron chi connectivity index (χ0n) is 14.8. The number of amides is 1. The van der Waals surface area contributed by atoms with Crippen molar-refractivity contribution in [3.05, 3.63) is 82.8 Å². The number of hydrogen-bond acceptors (Lipinski definition) is 4. The summed E-state index contributed by atoms with van der Waals surface area (Å²) in [5.41, 5.74) is 1.70. The van der Waals surface area contributed by atoms with Gasteiger partial charge in [-0.25, -0.2) is 4.98 Å². The number of carbonyl (C=O) groups excluding carboxylic acids is 1. The lowest BCUT2D eigenvalue weighted by atomic mass is 9.97. The lowest BCUT2D eigenvalue weighted by Crippen LogP contribution is -2.39. The van der Waals surface area contributed by atoms with Crippen molar-refractivity contribution in [3.63, 3.8) is 0 Å². The standard InChI is InChI=1S/C21H20ClN3O2/c22-18-7-1-4-15(10-18)11-19-13-24-20(27-19)17-6-3-9-25(14-17)21(26)16-5-2-8-23-12-16/h1-2,4-5,7-8,10,12-13,17H,3,6,9,11,14H2/t17-/m1/s1. The molecule has 5 nitrogen and oxygen atoms in total. The number of aromatic nitrogens is 2. The lowest BCUT2D eigenvalue weighted by Gasteiger charge is -2.31. The molecule has 0 bridgehead atoms. The molecule has 27 heavy (non-hydrogen) atoms. The van der Waals surface area contributed by atoms with Crippen LogP contribution < -0.4 is 0 Å². The summed E-state index contributed by atoms with van der Waals surface area (Å²) in [6.07, 6.45) is 7.61. The van der Waals surface area contributed by atoms with Crippen LogP contribution in [0.15, 0.2) is 59.4 Å². The topological polar surface area (TPSA) is 59.2 Å². The molecule has 2 aromatic heterocycles. The molecular formula is C21H20ClN3O2. The molecule has 1 atom stereocenters. The van der Waals surface area contributed by atoms with Gasteiger partial charge < -0.3 is 9.32 Å². The Morgan fingerprint density at radius 1 is 1.26 bits per heavy atom. The number of hydrogen-bond donors (Lipinski definition) is 0. The minimum atomic E-state index is 0.0125. The van der Waals surface area contributed by atoms with Crippen molar-refractivity contribution < 1.29 is 9.21 Å². The highest BCUT2D eigenvalue weighted by molar-refractivity contribution is 6.30. The molecule has 138 valence electrons. The van der Waals surface area contributed by atoms with Crippen LogP contribution >= 0.6 is 11.6 Å². The number of rotatable bonds is 4. The fraction of sp³-hybridized carbons (Fsp3) is 0.286. The Morgan fingerprint density at radius 3 is 3.00 bits per heavy atom. The second-order valence-corrected chi connectivity index (χ2v) is 7.24. The molecule has 6 heteroatoms. The van der Waals surface area contributed by atoms with E-state index in [4.69, 9.17) is 16.0 Å². The molecule has 1 aliphatic rings. The van der Waals surface area contributed by atoms with Gasteiger partial charge in [0.1, 0.15) is 5.76 Å². The predicted molar refractivity (Wildman–Crippen MR) is 103 cm³/mol. The van der Waals surface area contributed by atoms with Crippen LogP contribution in [0.2, 0.25) is 5.02 Å². The normalized spacial score (nSPS) is 17.1. The van der Waals surface area contributed by atoms with E-state index in [-0.39, 0.29) is 11.8 Å². The Hall–Kier alpha value is -2.66. The minimum Gasteiger partial charge on any atom is -0.445 e. The van der Waals surface area contributed by atoms with Gasteiger partial charge in [0.15, 0.2) is 5.89 Å². The van der Waals surface area contributed by atoms with Crippen molar-refractivity contribution in [1.29, 1.82) is 0 Å². The molecule has 3 aromatic rings. The van der Waals surface area contributed by atoms with E-state index in [2.05, 4.69) is 9.97 Å². The van der Waals surface area contributed by atoms with Crippen LogP contribution in [0, 0.1) is 0 Å². The summed E-state index contributed by atoms with van der Waals surface area (Å²) in [6, 6.07) is 11.3. The van der Waals surface area contributed by atoms with E-state index in [1.54, 1.807) is 30.7 Å². The summed E-state index contributed by atoms with van der Waals surface area (Å²) in [5.74, 6) is 1.64. The maximum Gasteiger partial charge on any atom is 0.255 e. The van der Waals surface area contributed by atoms with Crippen molar-refractivity contribution in [2.45, 2.75) is 25.2 Å². The van der Waals surface area contributed by atoms with E-state index in [1.165, 1.54) is 0 Å². The number of pyridine rings is 1. The lowest BCUT2D eigenvalue weighted by molar-refractivity contribution is 0.0697. The summed E-state index contributed by atoms with van der Waals surface area (Å²) in [7, 11) is 0. The maximum absolute atomic E-state index is 12.7. The number of piperidine rings is 1. The van der Waals surface area contributed by atoms with Crippen molar-refractivity contribution in [1.82, 2.24) is 14.9 Å². The summed E-state index contributed by atoms with van der Waals surface area (Å²) in [5, 5.41) is 0.712. The van der Waals surface area contributed by atoms with E-state index in [1.807, 2.05) is 29.2 Å². The zero-order valence-corrected chi connectivity index (χ0v) is 15.6. The summed E-state index contributed by atoms with van der Waals surface area (Å²) in [4.78, 5) is 23.1. The predicted octanol–water partition coefficient (Wildman–Crippen LogP) is 4.33. The van der Waals surface area contributed by atoms with Crippen LogP contribution in [0.4, 0.5) is 0 Å². The fourth-order valence-corrected chi connectivity index (χ4v) is 3.69.